The van der Waals surface area contributed by atoms with Gasteiger partial charge in [-0.2, -0.15) is 0 Å². The Morgan fingerprint density at radius 3 is 2.12 bits per heavy atom. The third-order valence-corrected chi connectivity index (χ3v) is 4.53. The van der Waals surface area contributed by atoms with E-state index in [1.165, 1.54) is 4.80 Å². The van der Waals surface area contributed by atoms with Crippen LogP contribution in [0.2, 0.25) is 0 Å². The fraction of sp³-hybridized carbons (Fsp3) is 0.143. The van der Waals surface area contributed by atoms with E-state index in [4.69, 9.17) is 0 Å². The maximum Gasteiger partial charge on any atom is 0.146 e. The molecule has 0 aliphatic rings. The average Bonchev–Trinajstić information content (AvgIpc) is 3.07. The topological polar surface area (TPSA) is 50.9 Å². The van der Waals surface area contributed by atoms with Crippen molar-refractivity contribution >= 4 is 11.0 Å². The van der Waals surface area contributed by atoms with Crippen LogP contribution in [0.4, 0.5) is 0 Å². The molecule has 124 valence electrons. The van der Waals surface area contributed by atoms with Crippen molar-refractivity contribution in [3.63, 3.8) is 0 Å². The quantitative estimate of drug-likeness (QED) is 0.598. The average molecular weight is 329 g/mol. The van der Waals surface area contributed by atoms with Crippen LogP contribution in [0.15, 0.2) is 66.7 Å². The van der Waals surface area contributed by atoms with E-state index in [1.807, 2.05) is 61.5 Å². The molecule has 1 aromatic heterocycles. The largest absolute Gasteiger partial charge is 0.505 e. The summed E-state index contributed by atoms with van der Waals surface area (Å²) in [6, 6.07) is 21.8. The third-order valence-electron chi connectivity index (χ3n) is 4.53. The highest BCUT2D eigenvalue weighted by molar-refractivity contribution is 5.73. The Hall–Kier alpha value is -3.14. The van der Waals surface area contributed by atoms with E-state index < -0.39 is 0 Å². The minimum atomic E-state index is 0.0739. The summed E-state index contributed by atoms with van der Waals surface area (Å²) >= 11 is 0. The molecule has 0 fully saturated rings. The zero-order valence-electron chi connectivity index (χ0n) is 14.2. The molecule has 0 saturated heterocycles. The molecular weight excluding hydrogens is 310 g/mol. The molecule has 4 aromatic rings. The van der Waals surface area contributed by atoms with Gasteiger partial charge in [0, 0.05) is 11.5 Å². The first-order valence-corrected chi connectivity index (χ1v) is 8.34. The minimum absolute atomic E-state index is 0.0739. The number of nitrogens with zero attached hydrogens (tertiary/aromatic N) is 3. The SMILES string of the molecule is Cc1cc(C(C)c2ccccc2)c(O)c(-n2nc3ccccc3n2)c1. The van der Waals surface area contributed by atoms with Crippen molar-refractivity contribution in [1.82, 2.24) is 15.0 Å². The van der Waals surface area contributed by atoms with Gasteiger partial charge >= 0.3 is 0 Å². The molecule has 3 aromatic carbocycles. The van der Waals surface area contributed by atoms with E-state index in [2.05, 4.69) is 29.3 Å². The number of benzene rings is 3. The number of aromatic hydroxyl groups is 1. The second-order valence-corrected chi connectivity index (χ2v) is 6.33. The normalized spacial score (nSPS) is 12.4. The highest BCUT2D eigenvalue weighted by Crippen LogP contribution is 2.36. The fourth-order valence-corrected chi connectivity index (χ4v) is 3.16. The van der Waals surface area contributed by atoms with Crippen LogP contribution >= 0.6 is 0 Å². The molecule has 0 saturated carbocycles. The molecule has 0 bridgehead atoms. The van der Waals surface area contributed by atoms with Crippen LogP contribution in [0.5, 0.6) is 5.75 Å². The van der Waals surface area contributed by atoms with E-state index in [-0.39, 0.29) is 11.7 Å². The van der Waals surface area contributed by atoms with Crippen LogP contribution in [0.3, 0.4) is 0 Å². The number of phenols is 1. The second-order valence-electron chi connectivity index (χ2n) is 6.33. The lowest BCUT2D eigenvalue weighted by Gasteiger charge is -2.17. The Morgan fingerprint density at radius 2 is 1.48 bits per heavy atom. The summed E-state index contributed by atoms with van der Waals surface area (Å²) in [6.07, 6.45) is 0. The maximum atomic E-state index is 10.9. The first-order chi connectivity index (χ1) is 12.1. The van der Waals surface area contributed by atoms with E-state index in [9.17, 15) is 5.11 Å². The number of fused-ring (bicyclic) bond motifs is 1. The molecule has 0 amide bonds. The molecule has 4 nitrogen and oxygen atoms in total. The first kappa shape index (κ1) is 15.4. The number of rotatable bonds is 3. The van der Waals surface area contributed by atoms with Crippen molar-refractivity contribution in [1.29, 1.82) is 0 Å². The highest BCUT2D eigenvalue weighted by atomic mass is 16.3. The standard InChI is InChI=1S/C21H19N3O/c1-14-12-17(15(2)16-8-4-3-5-9-16)21(25)20(13-14)24-22-18-10-6-7-11-19(18)23-24/h3-13,15,25H,1-2H3. The molecule has 1 atom stereocenters. The van der Waals surface area contributed by atoms with Gasteiger partial charge in [-0.3, -0.25) is 0 Å². The van der Waals surface area contributed by atoms with Crippen LogP contribution in [0.25, 0.3) is 16.7 Å². The number of hydrogen-bond donors (Lipinski definition) is 1. The Labute approximate surface area is 146 Å². The van der Waals surface area contributed by atoms with E-state index in [1.54, 1.807) is 0 Å². The van der Waals surface area contributed by atoms with Gasteiger partial charge in [0.2, 0.25) is 0 Å². The number of aryl methyl sites for hydroxylation is 1. The van der Waals surface area contributed by atoms with Gasteiger partial charge < -0.3 is 5.11 Å². The van der Waals surface area contributed by atoms with Crippen LogP contribution in [0.1, 0.15) is 29.5 Å². The predicted molar refractivity (Wildman–Crippen MR) is 99.2 cm³/mol. The molecule has 0 aliphatic heterocycles. The van der Waals surface area contributed by atoms with Gasteiger partial charge in [0.25, 0.3) is 0 Å². The molecular formula is C21H19N3O. The van der Waals surface area contributed by atoms with Crippen molar-refractivity contribution in [2.75, 3.05) is 0 Å². The molecule has 4 heteroatoms. The van der Waals surface area contributed by atoms with Gasteiger partial charge in [-0.1, -0.05) is 55.5 Å². The number of aromatic nitrogens is 3. The Kier molecular flexibility index (Phi) is 3.73. The molecule has 0 radical (unpaired) electrons. The van der Waals surface area contributed by atoms with Gasteiger partial charge in [0.05, 0.1) is 0 Å². The molecule has 1 heterocycles. The third kappa shape index (κ3) is 2.76. The summed E-state index contributed by atoms with van der Waals surface area (Å²) in [6.45, 7) is 4.12. The van der Waals surface area contributed by atoms with Crippen LogP contribution < -0.4 is 0 Å². The number of hydrogen-bond acceptors (Lipinski definition) is 3. The molecule has 1 unspecified atom stereocenters. The van der Waals surface area contributed by atoms with Gasteiger partial charge in [-0.15, -0.1) is 15.0 Å². The molecule has 4 rings (SSSR count). The lowest BCUT2D eigenvalue weighted by molar-refractivity contribution is 0.458. The van der Waals surface area contributed by atoms with E-state index in [0.29, 0.717) is 5.69 Å². The molecule has 1 N–H and O–H groups in total. The van der Waals surface area contributed by atoms with Crippen molar-refractivity contribution in [2.45, 2.75) is 19.8 Å². The minimum Gasteiger partial charge on any atom is -0.505 e. The van der Waals surface area contributed by atoms with Crippen LogP contribution in [-0.2, 0) is 0 Å². The van der Waals surface area contributed by atoms with E-state index in [0.717, 1.165) is 27.7 Å². The van der Waals surface area contributed by atoms with Crippen molar-refractivity contribution in [3.05, 3.63) is 83.4 Å². The summed E-state index contributed by atoms with van der Waals surface area (Å²) in [5, 5.41) is 19.9. The summed E-state index contributed by atoms with van der Waals surface area (Å²) in [5.74, 6) is 0.298. The van der Waals surface area contributed by atoms with Crippen molar-refractivity contribution in [3.8, 4) is 11.4 Å². The first-order valence-electron chi connectivity index (χ1n) is 8.34. The van der Waals surface area contributed by atoms with Crippen LogP contribution in [0, 0.1) is 6.92 Å². The molecule has 25 heavy (non-hydrogen) atoms. The zero-order valence-corrected chi connectivity index (χ0v) is 14.2. The predicted octanol–water partition coefficient (Wildman–Crippen LogP) is 4.59. The summed E-state index contributed by atoms with van der Waals surface area (Å²) in [5.41, 5.74) is 5.32. The lowest BCUT2D eigenvalue weighted by Crippen LogP contribution is -2.04. The van der Waals surface area contributed by atoms with Gasteiger partial charge in [0.15, 0.2) is 0 Å². The van der Waals surface area contributed by atoms with Crippen molar-refractivity contribution < 1.29 is 5.11 Å². The Balaban J connectivity index is 1.85. The maximum absolute atomic E-state index is 10.9. The van der Waals surface area contributed by atoms with Gasteiger partial charge in [0.1, 0.15) is 22.5 Å². The van der Waals surface area contributed by atoms with Crippen LogP contribution in [-0.4, -0.2) is 20.1 Å². The van der Waals surface area contributed by atoms with E-state index >= 15 is 0 Å². The van der Waals surface area contributed by atoms with Gasteiger partial charge in [-0.05, 0) is 36.2 Å². The second kappa shape index (κ2) is 6.06. The van der Waals surface area contributed by atoms with Crippen molar-refractivity contribution in [2.24, 2.45) is 0 Å². The smallest absolute Gasteiger partial charge is 0.146 e. The monoisotopic (exact) mass is 329 g/mol. The highest BCUT2D eigenvalue weighted by Gasteiger charge is 2.18. The lowest BCUT2D eigenvalue weighted by atomic mass is 9.91. The Bertz CT molecular complexity index is 1000. The fourth-order valence-electron chi connectivity index (χ4n) is 3.16. The number of phenolic OH excluding ortho intramolecular Hbond substituents is 1. The van der Waals surface area contributed by atoms with Gasteiger partial charge in [-0.25, -0.2) is 0 Å². The Morgan fingerprint density at radius 1 is 0.880 bits per heavy atom. The summed E-state index contributed by atoms with van der Waals surface area (Å²) in [4.78, 5) is 1.52. The summed E-state index contributed by atoms with van der Waals surface area (Å²) in [7, 11) is 0. The zero-order chi connectivity index (χ0) is 17.4. The molecule has 0 spiro atoms. The molecule has 0 aliphatic carbocycles. The summed E-state index contributed by atoms with van der Waals surface area (Å²) < 4.78 is 0.